The maximum absolute atomic E-state index is 5.18. The fourth-order valence-corrected chi connectivity index (χ4v) is 2.30. The van der Waals surface area contributed by atoms with E-state index in [0.29, 0.717) is 11.7 Å². The second-order valence-corrected chi connectivity index (χ2v) is 4.76. The molecule has 3 heterocycles. The van der Waals surface area contributed by atoms with Crippen LogP contribution in [0.1, 0.15) is 0 Å². The number of anilines is 1. The van der Waals surface area contributed by atoms with Gasteiger partial charge in [-0.1, -0.05) is 12.1 Å². The number of fused-ring (bicyclic) bond motifs is 3. The monoisotopic (exact) mass is 255 g/mol. The van der Waals surface area contributed by atoms with Crippen LogP contribution in [0.5, 0.6) is 0 Å². The van der Waals surface area contributed by atoms with Crippen molar-refractivity contribution in [3.8, 4) is 0 Å². The molecule has 0 unspecified atom stereocenters. The predicted octanol–water partition coefficient (Wildman–Crippen LogP) is 1.34. The number of rotatable bonds is 3. The van der Waals surface area contributed by atoms with Crippen molar-refractivity contribution >= 4 is 22.5 Å². The summed E-state index contributed by atoms with van der Waals surface area (Å²) >= 11 is 0. The molecule has 0 atom stereocenters. The van der Waals surface area contributed by atoms with Crippen molar-refractivity contribution in [1.29, 1.82) is 0 Å². The molecule has 2 aromatic heterocycles. The molecule has 96 valence electrons. The number of hydrogen-bond donors (Lipinski definition) is 1. The number of nitrogens with one attached hydrogen (secondary N) is 1. The molecule has 0 aliphatic carbocycles. The molecule has 1 aromatic carbocycles. The molecular formula is C13H13N5O. The van der Waals surface area contributed by atoms with Crippen LogP contribution in [0.4, 0.5) is 5.82 Å². The van der Waals surface area contributed by atoms with Gasteiger partial charge in [0.25, 0.3) is 5.78 Å². The van der Waals surface area contributed by atoms with Gasteiger partial charge in [0.15, 0.2) is 0 Å². The summed E-state index contributed by atoms with van der Waals surface area (Å²) in [5, 5.41) is 12.4. The highest BCUT2D eigenvalue weighted by Gasteiger charge is 2.18. The third-order valence-electron chi connectivity index (χ3n) is 3.43. The number of ether oxygens (including phenoxy) is 1. The molecular weight excluding hydrogens is 242 g/mol. The second-order valence-electron chi connectivity index (χ2n) is 4.76. The van der Waals surface area contributed by atoms with Crippen molar-refractivity contribution in [2.24, 2.45) is 5.92 Å². The highest BCUT2D eigenvalue weighted by molar-refractivity contribution is 5.90. The van der Waals surface area contributed by atoms with Crippen LogP contribution in [0.2, 0.25) is 0 Å². The van der Waals surface area contributed by atoms with Gasteiger partial charge in [-0.3, -0.25) is 4.40 Å². The van der Waals surface area contributed by atoms with Crippen LogP contribution < -0.4 is 5.32 Å². The van der Waals surface area contributed by atoms with Gasteiger partial charge < -0.3 is 10.1 Å². The molecule has 3 aromatic rings. The Balaban J connectivity index is 1.81. The van der Waals surface area contributed by atoms with Crippen molar-refractivity contribution in [2.45, 2.75) is 0 Å². The Hall–Kier alpha value is -2.21. The summed E-state index contributed by atoms with van der Waals surface area (Å²) in [5.41, 5.74) is 1.06. The molecule has 0 spiro atoms. The van der Waals surface area contributed by atoms with E-state index in [1.807, 2.05) is 22.6 Å². The Bertz CT molecular complexity index is 734. The quantitative estimate of drug-likeness (QED) is 0.765. The van der Waals surface area contributed by atoms with E-state index in [4.69, 9.17) is 4.74 Å². The molecule has 1 aliphatic rings. The van der Waals surface area contributed by atoms with E-state index in [1.54, 1.807) is 6.33 Å². The number of benzene rings is 1. The maximum atomic E-state index is 5.18. The molecule has 1 saturated heterocycles. The first-order valence-electron chi connectivity index (χ1n) is 6.32. The lowest BCUT2D eigenvalue weighted by atomic mass is 10.1. The largest absolute Gasteiger partial charge is 0.381 e. The summed E-state index contributed by atoms with van der Waals surface area (Å²) in [7, 11) is 0. The Labute approximate surface area is 109 Å². The summed E-state index contributed by atoms with van der Waals surface area (Å²) in [6.45, 7) is 2.54. The van der Waals surface area contributed by atoms with Gasteiger partial charge in [-0.2, -0.15) is 4.98 Å². The maximum Gasteiger partial charge on any atom is 0.257 e. The van der Waals surface area contributed by atoms with E-state index in [9.17, 15) is 0 Å². The third kappa shape index (κ3) is 1.72. The lowest BCUT2D eigenvalue weighted by molar-refractivity contribution is -0.0248. The van der Waals surface area contributed by atoms with E-state index in [1.165, 1.54) is 0 Å². The standard InChI is InChI=1S/C13H13N5O/c1-2-4-11-10(3-1)12(14-5-9-6-19-7-9)16-13-17-15-8-18(11)13/h1-4,8-9H,5-7H2,(H,14,16,17). The van der Waals surface area contributed by atoms with E-state index >= 15 is 0 Å². The minimum Gasteiger partial charge on any atom is -0.381 e. The van der Waals surface area contributed by atoms with Gasteiger partial charge in [0.05, 0.1) is 18.7 Å². The zero-order valence-electron chi connectivity index (χ0n) is 10.3. The topological polar surface area (TPSA) is 64.3 Å². The predicted molar refractivity (Wildman–Crippen MR) is 71.1 cm³/mol. The molecule has 4 rings (SSSR count). The fraction of sp³-hybridized carbons (Fsp3) is 0.308. The van der Waals surface area contributed by atoms with Crippen molar-refractivity contribution in [3.05, 3.63) is 30.6 Å². The van der Waals surface area contributed by atoms with E-state index in [-0.39, 0.29) is 0 Å². The highest BCUT2D eigenvalue weighted by Crippen LogP contribution is 2.23. The zero-order valence-corrected chi connectivity index (χ0v) is 10.3. The van der Waals surface area contributed by atoms with Crippen LogP contribution in [0, 0.1) is 5.92 Å². The van der Waals surface area contributed by atoms with Gasteiger partial charge in [0.2, 0.25) is 0 Å². The summed E-state index contributed by atoms with van der Waals surface area (Å²) in [4.78, 5) is 4.53. The molecule has 0 radical (unpaired) electrons. The molecule has 1 N–H and O–H groups in total. The molecule has 1 aliphatic heterocycles. The van der Waals surface area contributed by atoms with Crippen LogP contribution in [0.3, 0.4) is 0 Å². The van der Waals surface area contributed by atoms with Crippen LogP contribution in [0.25, 0.3) is 16.7 Å². The van der Waals surface area contributed by atoms with Gasteiger partial charge >= 0.3 is 0 Å². The Kier molecular flexibility index (Phi) is 2.34. The number of hydrogen-bond acceptors (Lipinski definition) is 5. The summed E-state index contributed by atoms with van der Waals surface area (Å²) < 4.78 is 7.08. The minimum absolute atomic E-state index is 0.578. The molecule has 1 fully saturated rings. The van der Waals surface area contributed by atoms with Crippen LogP contribution in [-0.4, -0.2) is 39.3 Å². The summed E-state index contributed by atoms with van der Waals surface area (Å²) in [6.07, 6.45) is 1.69. The number of para-hydroxylation sites is 1. The Morgan fingerprint density at radius 3 is 3.05 bits per heavy atom. The van der Waals surface area contributed by atoms with Crippen LogP contribution >= 0.6 is 0 Å². The van der Waals surface area contributed by atoms with Crippen LogP contribution in [-0.2, 0) is 4.74 Å². The first kappa shape index (κ1) is 10.7. The molecule has 0 saturated carbocycles. The Morgan fingerprint density at radius 1 is 1.32 bits per heavy atom. The normalized spacial score (nSPS) is 15.8. The number of nitrogens with zero attached hydrogens (tertiary/aromatic N) is 4. The van der Waals surface area contributed by atoms with Gasteiger partial charge in [-0.25, -0.2) is 0 Å². The average molecular weight is 255 g/mol. The first-order chi connectivity index (χ1) is 9.42. The lowest BCUT2D eigenvalue weighted by Crippen LogP contribution is -2.33. The lowest BCUT2D eigenvalue weighted by Gasteiger charge is -2.26. The Morgan fingerprint density at radius 2 is 2.21 bits per heavy atom. The van der Waals surface area contributed by atoms with Crippen LogP contribution in [0.15, 0.2) is 30.6 Å². The molecule has 6 nitrogen and oxygen atoms in total. The van der Waals surface area contributed by atoms with E-state index < -0.39 is 0 Å². The van der Waals surface area contributed by atoms with Gasteiger partial charge in [-0.05, 0) is 12.1 Å². The molecule has 0 bridgehead atoms. The highest BCUT2D eigenvalue weighted by atomic mass is 16.5. The van der Waals surface area contributed by atoms with Gasteiger partial charge in [0.1, 0.15) is 12.1 Å². The SMILES string of the molecule is c1ccc2c(c1)c(NCC1COC1)nc1nncn12. The van der Waals surface area contributed by atoms with Gasteiger partial charge in [-0.15, -0.1) is 10.2 Å². The second kappa shape index (κ2) is 4.17. The zero-order chi connectivity index (χ0) is 12.7. The van der Waals surface area contributed by atoms with Crippen molar-refractivity contribution in [1.82, 2.24) is 19.6 Å². The minimum atomic E-state index is 0.578. The van der Waals surface area contributed by atoms with E-state index in [0.717, 1.165) is 36.5 Å². The first-order valence-corrected chi connectivity index (χ1v) is 6.32. The van der Waals surface area contributed by atoms with Crippen molar-refractivity contribution in [3.63, 3.8) is 0 Å². The molecule has 0 amide bonds. The average Bonchev–Trinajstić information content (AvgIpc) is 2.85. The van der Waals surface area contributed by atoms with Crippen molar-refractivity contribution in [2.75, 3.05) is 25.1 Å². The smallest absolute Gasteiger partial charge is 0.257 e. The molecule has 19 heavy (non-hydrogen) atoms. The summed E-state index contributed by atoms with van der Waals surface area (Å²) in [5.74, 6) is 2.06. The van der Waals surface area contributed by atoms with Gasteiger partial charge in [0, 0.05) is 17.8 Å². The van der Waals surface area contributed by atoms with Crippen molar-refractivity contribution < 1.29 is 4.74 Å². The van der Waals surface area contributed by atoms with E-state index in [2.05, 4.69) is 26.6 Å². The fourth-order valence-electron chi connectivity index (χ4n) is 2.30. The number of aromatic nitrogens is 4. The summed E-state index contributed by atoms with van der Waals surface area (Å²) in [6, 6.07) is 8.12. The molecule has 6 heteroatoms. The third-order valence-corrected chi connectivity index (χ3v) is 3.43.